The molecule has 2 aromatic rings. The molecule has 2 aromatic heterocycles. The van der Waals surface area contributed by atoms with Crippen molar-refractivity contribution in [3.05, 3.63) is 36.8 Å². The molecule has 2 aliphatic rings. The van der Waals surface area contributed by atoms with Crippen LogP contribution in [-0.4, -0.2) is 43.7 Å². The van der Waals surface area contributed by atoms with Gasteiger partial charge in [0.05, 0.1) is 18.8 Å². The molecule has 1 aliphatic carbocycles. The highest BCUT2D eigenvalue weighted by Gasteiger charge is 2.52. The summed E-state index contributed by atoms with van der Waals surface area (Å²) in [6, 6.07) is 5.46. The molecule has 0 atom stereocenters. The standard InChI is InChI=1S/C17H19N5O2/c23-15-17(6-1-2-7-17)20-16(24)21(15)11-12-22-14(5-10-19-22)13-3-8-18-9-4-13/h3-5,8-10H,1-2,6-7,11-12H2,(H,20,24). The van der Waals surface area contributed by atoms with Crippen molar-refractivity contribution in [3.8, 4) is 11.3 Å². The van der Waals surface area contributed by atoms with Gasteiger partial charge >= 0.3 is 6.03 Å². The van der Waals surface area contributed by atoms with Crippen molar-refractivity contribution in [1.29, 1.82) is 0 Å². The number of imide groups is 1. The number of nitrogens with one attached hydrogen (secondary N) is 1. The number of nitrogens with zero attached hydrogens (tertiary/aromatic N) is 4. The van der Waals surface area contributed by atoms with Gasteiger partial charge in [-0.05, 0) is 31.0 Å². The van der Waals surface area contributed by atoms with Crippen LogP contribution in [0.2, 0.25) is 0 Å². The fourth-order valence-electron chi connectivity index (χ4n) is 3.67. The van der Waals surface area contributed by atoms with E-state index in [4.69, 9.17) is 0 Å². The van der Waals surface area contributed by atoms with Crippen LogP contribution in [-0.2, 0) is 11.3 Å². The summed E-state index contributed by atoms with van der Waals surface area (Å²) in [7, 11) is 0. The highest BCUT2D eigenvalue weighted by Crippen LogP contribution is 2.35. The van der Waals surface area contributed by atoms with Crippen LogP contribution < -0.4 is 5.32 Å². The van der Waals surface area contributed by atoms with Gasteiger partial charge in [0, 0.05) is 24.2 Å². The van der Waals surface area contributed by atoms with Crippen LogP contribution in [0.4, 0.5) is 4.79 Å². The minimum absolute atomic E-state index is 0.0809. The second kappa shape index (κ2) is 5.74. The lowest BCUT2D eigenvalue weighted by Gasteiger charge is -2.20. The molecule has 3 heterocycles. The van der Waals surface area contributed by atoms with Crippen molar-refractivity contribution < 1.29 is 9.59 Å². The van der Waals surface area contributed by atoms with Gasteiger partial charge in [0.1, 0.15) is 5.54 Å². The molecule has 0 radical (unpaired) electrons. The maximum atomic E-state index is 12.7. The van der Waals surface area contributed by atoms with Crippen LogP contribution in [0.1, 0.15) is 25.7 Å². The molecule has 0 unspecified atom stereocenters. The third kappa shape index (κ3) is 2.36. The number of carbonyl (C=O) groups is 2. The first-order valence-corrected chi connectivity index (χ1v) is 8.26. The number of hydrogen-bond acceptors (Lipinski definition) is 4. The van der Waals surface area contributed by atoms with Gasteiger partial charge < -0.3 is 5.32 Å². The third-order valence-corrected chi connectivity index (χ3v) is 4.93. The zero-order chi connectivity index (χ0) is 16.6. The number of carbonyl (C=O) groups excluding carboxylic acids is 2. The van der Waals surface area contributed by atoms with Gasteiger partial charge in [0.25, 0.3) is 5.91 Å². The first-order chi connectivity index (χ1) is 11.7. The van der Waals surface area contributed by atoms with Gasteiger partial charge in [0.2, 0.25) is 0 Å². The molecule has 1 N–H and O–H groups in total. The average Bonchev–Trinajstić information content (AvgIpc) is 3.30. The van der Waals surface area contributed by atoms with Gasteiger partial charge in [-0.25, -0.2) is 4.79 Å². The van der Waals surface area contributed by atoms with E-state index in [1.807, 2.05) is 22.9 Å². The molecular weight excluding hydrogens is 306 g/mol. The van der Waals surface area contributed by atoms with E-state index in [0.29, 0.717) is 13.1 Å². The Balaban J connectivity index is 1.49. The van der Waals surface area contributed by atoms with E-state index in [1.54, 1.807) is 18.6 Å². The molecule has 0 aromatic carbocycles. The first kappa shape index (κ1) is 14.9. The number of urea groups is 1. The summed E-state index contributed by atoms with van der Waals surface area (Å²) in [5.74, 6) is -0.0809. The lowest BCUT2D eigenvalue weighted by molar-refractivity contribution is -0.131. The Morgan fingerprint density at radius 1 is 1.04 bits per heavy atom. The predicted octanol–water partition coefficient (Wildman–Crippen LogP) is 1.81. The molecule has 1 saturated heterocycles. The largest absolute Gasteiger partial charge is 0.325 e. The molecule has 0 bridgehead atoms. The smallest absolute Gasteiger partial charge is 0.323 e. The highest BCUT2D eigenvalue weighted by atomic mass is 16.2. The van der Waals surface area contributed by atoms with Crippen LogP contribution in [0.5, 0.6) is 0 Å². The Hall–Kier alpha value is -2.70. The van der Waals surface area contributed by atoms with Crippen LogP contribution in [0, 0.1) is 0 Å². The molecule has 24 heavy (non-hydrogen) atoms. The zero-order valence-corrected chi connectivity index (χ0v) is 13.3. The summed E-state index contributed by atoms with van der Waals surface area (Å²) in [6.07, 6.45) is 8.66. The van der Waals surface area contributed by atoms with Crippen molar-refractivity contribution in [3.63, 3.8) is 0 Å². The van der Waals surface area contributed by atoms with E-state index in [0.717, 1.165) is 36.9 Å². The Morgan fingerprint density at radius 2 is 1.79 bits per heavy atom. The summed E-state index contributed by atoms with van der Waals surface area (Å²) < 4.78 is 1.82. The molecule has 7 heteroatoms. The maximum Gasteiger partial charge on any atom is 0.325 e. The van der Waals surface area contributed by atoms with Crippen molar-refractivity contribution in [1.82, 2.24) is 25.0 Å². The Morgan fingerprint density at radius 3 is 2.54 bits per heavy atom. The van der Waals surface area contributed by atoms with Gasteiger partial charge in [-0.15, -0.1) is 0 Å². The Labute approximate surface area is 139 Å². The lowest BCUT2D eigenvalue weighted by atomic mass is 9.98. The summed E-state index contributed by atoms with van der Waals surface area (Å²) in [6.45, 7) is 0.798. The molecule has 1 aliphatic heterocycles. The van der Waals surface area contributed by atoms with Crippen LogP contribution in [0.25, 0.3) is 11.3 Å². The van der Waals surface area contributed by atoms with Crippen molar-refractivity contribution >= 4 is 11.9 Å². The van der Waals surface area contributed by atoms with Crippen LogP contribution in [0.3, 0.4) is 0 Å². The number of rotatable bonds is 4. The topological polar surface area (TPSA) is 80.1 Å². The van der Waals surface area contributed by atoms with Gasteiger partial charge in [-0.3, -0.25) is 19.4 Å². The van der Waals surface area contributed by atoms with Gasteiger partial charge in [-0.1, -0.05) is 12.8 Å². The highest BCUT2D eigenvalue weighted by molar-refractivity contribution is 6.07. The van der Waals surface area contributed by atoms with E-state index in [-0.39, 0.29) is 11.9 Å². The monoisotopic (exact) mass is 325 g/mol. The molecule has 7 nitrogen and oxygen atoms in total. The maximum absolute atomic E-state index is 12.7. The van der Waals surface area contributed by atoms with Crippen molar-refractivity contribution in [2.45, 2.75) is 37.8 Å². The Kier molecular flexibility index (Phi) is 3.55. The van der Waals surface area contributed by atoms with E-state index in [9.17, 15) is 9.59 Å². The number of amides is 3. The molecule has 4 rings (SSSR count). The van der Waals surface area contributed by atoms with Crippen LogP contribution >= 0.6 is 0 Å². The van der Waals surface area contributed by atoms with E-state index in [2.05, 4.69) is 15.4 Å². The molecule has 2 fully saturated rings. The number of aromatic nitrogens is 3. The molecule has 124 valence electrons. The predicted molar refractivity (Wildman–Crippen MR) is 86.9 cm³/mol. The molecule has 1 spiro atoms. The zero-order valence-electron chi connectivity index (χ0n) is 13.3. The summed E-state index contributed by atoms with van der Waals surface area (Å²) in [4.78, 5) is 30.2. The van der Waals surface area contributed by atoms with Gasteiger partial charge in [0.15, 0.2) is 0 Å². The minimum Gasteiger partial charge on any atom is -0.323 e. The summed E-state index contributed by atoms with van der Waals surface area (Å²) in [5.41, 5.74) is 1.31. The SMILES string of the molecule is O=C1NC2(CCCC2)C(=O)N1CCn1nccc1-c1ccncc1. The first-order valence-electron chi connectivity index (χ1n) is 8.26. The van der Waals surface area contributed by atoms with Crippen LogP contribution in [0.15, 0.2) is 36.8 Å². The second-order valence-electron chi connectivity index (χ2n) is 6.35. The van der Waals surface area contributed by atoms with Crippen molar-refractivity contribution in [2.75, 3.05) is 6.54 Å². The van der Waals surface area contributed by atoms with Crippen molar-refractivity contribution in [2.24, 2.45) is 0 Å². The quantitative estimate of drug-likeness (QED) is 0.870. The molecular formula is C17H19N5O2. The minimum atomic E-state index is -0.644. The molecule has 3 amide bonds. The number of pyridine rings is 1. The Bertz CT molecular complexity index is 764. The van der Waals surface area contributed by atoms with Gasteiger partial charge in [-0.2, -0.15) is 5.10 Å². The van der Waals surface area contributed by atoms with E-state index in [1.165, 1.54) is 4.90 Å². The fourth-order valence-corrected chi connectivity index (χ4v) is 3.67. The second-order valence-corrected chi connectivity index (χ2v) is 6.35. The van der Waals surface area contributed by atoms with E-state index >= 15 is 0 Å². The average molecular weight is 325 g/mol. The normalized spacial score (nSPS) is 19.2. The fraction of sp³-hybridized carbons (Fsp3) is 0.412. The molecule has 1 saturated carbocycles. The summed E-state index contributed by atoms with van der Waals surface area (Å²) in [5, 5.41) is 7.22. The number of hydrogen-bond donors (Lipinski definition) is 1. The summed E-state index contributed by atoms with van der Waals surface area (Å²) >= 11 is 0. The third-order valence-electron chi connectivity index (χ3n) is 4.93. The lowest BCUT2D eigenvalue weighted by Crippen LogP contribution is -2.44. The van der Waals surface area contributed by atoms with E-state index < -0.39 is 5.54 Å².